The average molecular weight is 540 g/mol. The van der Waals surface area contributed by atoms with Crippen LogP contribution in [-0.4, -0.2) is 83.4 Å². The Morgan fingerprint density at radius 1 is 1.05 bits per heavy atom. The highest BCUT2D eigenvalue weighted by Gasteiger charge is 2.34. The van der Waals surface area contributed by atoms with Gasteiger partial charge < -0.3 is 25.0 Å². The normalized spacial score (nSPS) is 17.5. The molecule has 1 heterocycles. The molecule has 7 nitrogen and oxygen atoms in total. The van der Waals surface area contributed by atoms with E-state index in [0.717, 1.165) is 49.0 Å². The van der Waals surface area contributed by atoms with Crippen molar-refractivity contribution in [2.24, 2.45) is 0 Å². The van der Waals surface area contributed by atoms with Gasteiger partial charge in [0.05, 0.1) is 12.7 Å². The van der Waals surface area contributed by atoms with Crippen molar-refractivity contribution in [3.63, 3.8) is 0 Å². The highest BCUT2D eigenvalue weighted by atomic mass is 32.2. The van der Waals surface area contributed by atoms with Crippen molar-refractivity contribution in [2.45, 2.75) is 44.9 Å². The van der Waals surface area contributed by atoms with Gasteiger partial charge in [-0.3, -0.25) is 4.90 Å². The first kappa shape index (κ1) is 29.1. The molecule has 0 aromatic heterocycles. The third-order valence-corrected chi connectivity index (χ3v) is 7.32. The van der Waals surface area contributed by atoms with Crippen molar-refractivity contribution >= 4 is 34.0 Å². The molecular weight excluding hydrogens is 507 g/mol. The van der Waals surface area contributed by atoms with Gasteiger partial charge in [-0.1, -0.05) is 18.2 Å². The van der Waals surface area contributed by atoms with E-state index < -0.39 is 30.9 Å². The lowest BCUT2D eigenvalue weighted by atomic mass is 10.0. The van der Waals surface area contributed by atoms with E-state index in [9.17, 15) is 28.6 Å². The third kappa shape index (κ3) is 7.99. The number of ether oxygens (including phenoxy) is 1. The molecule has 0 saturated carbocycles. The minimum atomic E-state index is -5.01. The quantitative estimate of drug-likeness (QED) is 0.309. The lowest BCUT2D eigenvalue weighted by Crippen LogP contribution is -2.48. The number of allylic oxidation sites excluding steroid dienone is 1. The van der Waals surface area contributed by atoms with Gasteiger partial charge in [0, 0.05) is 49.2 Å². The van der Waals surface area contributed by atoms with Crippen molar-refractivity contribution in [1.82, 2.24) is 4.90 Å². The first-order chi connectivity index (χ1) is 17.5. The van der Waals surface area contributed by atoms with Crippen molar-refractivity contribution in [3.05, 3.63) is 46.9 Å². The maximum atomic E-state index is 13.3. The van der Waals surface area contributed by atoms with Crippen LogP contribution in [0.5, 0.6) is 0 Å². The molecule has 0 spiro atoms. The molecule has 37 heavy (non-hydrogen) atoms. The number of piperazine rings is 1. The van der Waals surface area contributed by atoms with Crippen LogP contribution in [0.3, 0.4) is 0 Å². The van der Waals surface area contributed by atoms with Crippen LogP contribution in [0.25, 0.3) is 16.5 Å². The van der Waals surface area contributed by atoms with Gasteiger partial charge in [0.1, 0.15) is 17.1 Å². The molecule has 1 aliphatic rings. The summed E-state index contributed by atoms with van der Waals surface area (Å²) in [5, 5.41) is 39.3. The Bertz CT molecular complexity index is 1130. The summed E-state index contributed by atoms with van der Waals surface area (Å²) >= 11 is 0.780. The Morgan fingerprint density at radius 2 is 1.70 bits per heavy atom. The minimum absolute atomic E-state index is 0.0346. The molecule has 2 unspecified atom stereocenters. The van der Waals surface area contributed by atoms with E-state index in [4.69, 9.17) is 5.11 Å². The first-order valence-corrected chi connectivity index (χ1v) is 13.0. The largest absolute Gasteiger partial charge is 0.573 e. The molecule has 2 aromatic carbocycles. The first-order valence-electron chi connectivity index (χ1n) is 12.1. The van der Waals surface area contributed by atoms with Gasteiger partial charge in [0.2, 0.25) is 0 Å². The molecule has 1 fully saturated rings. The van der Waals surface area contributed by atoms with Crippen LogP contribution in [0.4, 0.5) is 18.9 Å². The zero-order chi connectivity index (χ0) is 27.2. The topological polar surface area (TPSA) is 100 Å². The molecule has 0 amide bonds. The Morgan fingerprint density at radius 3 is 2.30 bits per heavy atom. The van der Waals surface area contributed by atoms with E-state index in [1.165, 1.54) is 6.07 Å². The Balaban J connectivity index is 1.84. The molecule has 3 rings (SSSR count). The lowest BCUT2D eigenvalue weighted by molar-refractivity contribution is -0.290. The van der Waals surface area contributed by atoms with Crippen LogP contribution in [0.2, 0.25) is 0 Å². The van der Waals surface area contributed by atoms with E-state index in [1.54, 1.807) is 18.2 Å². The van der Waals surface area contributed by atoms with Gasteiger partial charge in [-0.2, -0.15) is 5.26 Å². The number of benzene rings is 2. The number of nitrogens with zero attached hydrogens (tertiary/aromatic N) is 3. The second-order valence-electron chi connectivity index (χ2n) is 9.14. The van der Waals surface area contributed by atoms with E-state index in [2.05, 4.69) is 28.4 Å². The zero-order valence-electron chi connectivity index (χ0n) is 20.8. The van der Waals surface area contributed by atoms with Gasteiger partial charge in [0.25, 0.3) is 0 Å². The molecular formula is C26H32F3N3O4S. The zero-order valence-corrected chi connectivity index (χ0v) is 21.6. The van der Waals surface area contributed by atoms with Crippen LogP contribution in [-0.2, 0) is 4.74 Å². The summed E-state index contributed by atoms with van der Waals surface area (Å²) in [6.07, 6.45) is -7.69. The number of aliphatic hydroxyl groups is 3. The number of alkyl halides is 3. The molecule has 1 aliphatic heterocycles. The van der Waals surface area contributed by atoms with Crippen molar-refractivity contribution in [1.29, 1.82) is 5.26 Å². The molecule has 0 bridgehead atoms. The standard InChI is InChI=1S/C26H32F3N3O4S/c1-17(2)31-8-10-32(11-9-31)21-6-5-18-13-20(4-3-19(18)14-21)25(36-26(27,28)29)24(15-30)37-12-7-22(34)23(35)16-33/h3-6,13-14,17,22-23,33-35H,7-12,16H2,1-2H3/b25-24-. The van der Waals surface area contributed by atoms with E-state index >= 15 is 0 Å². The summed E-state index contributed by atoms with van der Waals surface area (Å²) < 4.78 is 44.0. The fourth-order valence-electron chi connectivity index (χ4n) is 4.16. The molecule has 3 N–H and O–H groups in total. The fraction of sp³-hybridized carbons (Fsp3) is 0.500. The van der Waals surface area contributed by atoms with Crippen LogP contribution in [0.1, 0.15) is 25.8 Å². The molecule has 0 radical (unpaired) electrons. The van der Waals surface area contributed by atoms with E-state index in [-0.39, 0.29) is 22.6 Å². The highest BCUT2D eigenvalue weighted by Crippen LogP contribution is 2.35. The predicted molar refractivity (Wildman–Crippen MR) is 139 cm³/mol. The SMILES string of the molecule is CC(C)N1CCN(c2ccc3cc(/C(OC(F)(F)F)=C(\C#N)SCCC(O)C(O)CO)ccc3c2)CC1. The second-order valence-corrected chi connectivity index (χ2v) is 10.2. The van der Waals surface area contributed by atoms with E-state index in [0.29, 0.717) is 11.4 Å². The molecule has 11 heteroatoms. The second kappa shape index (κ2) is 12.8. The number of halogens is 3. The van der Waals surface area contributed by atoms with Gasteiger partial charge >= 0.3 is 6.36 Å². The number of thioether (sulfide) groups is 1. The van der Waals surface area contributed by atoms with Crippen LogP contribution < -0.4 is 4.90 Å². The van der Waals surface area contributed by atoms with Crippen molar-refractivity contribution < 1.29 is 33.2 Å². The summed E-state index contributed by atoms with van der Waals surface area (Å²) in [6.45, 7) is 7.40. The van der Waals surface area contributed by atoms with Crippen LogP contribution >= 0.6 is 11.8 Å². The number of fused-ring (bicyclic) bond motifs is 1. The minimum Gasteiger partial charge on any atom is -0.403 e. The average Bonchev–Trinajstić information content (AvgIpc) is 2.88. The van der Waals surface area contributed by atoms with Gasteiger partial charge in [-0.25, -0.2) is 0 Å². The monoisotopic (exact) mass is 539 g/mol. The summed E-state index contributed by atoms with van der Waals surface area (Å²) in [5.74, 6) is -0.583. The number of nitriles is 1. The third-order valence-electron chi connectivity index (χ3n) is 6.31. The number of aliphatic hydroxyl groups excluding tert-OH is 3. The summed E-state index contributed by atoms with van der Waals surface area (Å²) in [5.41, 5.74) is 1.14. The van der Waals surface area contributed by atoms with Gasteiger partial charge in [-0.05, 0) is 49.2 Å². The molecule has 0 aliphatic carbocycles. The lowest BCUT2D eigenvalue weighted by Gasteiger charge is -2.38. The Kier molecular flexibility index (Phi) is 10.1. The van der Waals surface area contributed by atoms with Crippen LogP contribution in [0, 0.1) is 11.3 Å². The smallest absolute Gasteiger partial charge is 0.403 e. The Hall–Kier alpha value is -2.49. The molecule has 202 valence electrons. The number of hydrogen-bond acceptors (Lipinski definition) is 8. The maximum absolute atomic E-state index is 13.3. The summed E-state index contributed by atoms with van der Waals surface area (Å²) in [4.78, 5) is 4.40. The summed E-state index contributed by atoms with van der Waals surface area (Å²) in [6, 6.07) is 12.8. The van der Waals surface area contributed by atoms with E-state index in [1.807, 2.05) is 18.2 Å². The Labute approximate surface area is 218 Å². The molecule has 2 atom stereocenters. The fourth-order valence-corrected chi connectivity index (χ4v) is 5.08. The van der Waals surface area contributed by atoms with Crippen molar-refractivity contribution in [2.75, 3.05) is 43.4 Å². The summed E-state index contributed by atoms with van der Waals surface area (Å²) in [7, 11) is 0. The number of hydrogen-bond donors (Lipinski definition) is 3. The molecule has 1 saturated heterocycles. The predicted octanol–water partition coefficient (Wildman–Crippen LogP) is 3.94. The molecule has 2 aromatic rings. The van der Waals surface area contributed by atoms with Crippen LogP contribution in [0.15, 0.2) is 41.3 Å². The number of rotatable bonds is 10. The van der Waals surface area contributed by atoms with Gasteiger partial charge in [0.15, 0.2) is 5.76 Å². The van der Waals surface area contributed by atoms with Gasteiger partial charge in [-0.15, -0.1) is 24.9 Å². The maximum Gasteiger partial charge on any atom is 0.573 e. The van der Waals surface area contributed by atoms with Crippen molar-refractivity contribution in [3.8, 4) is 6.07 Å². The number of anilines is 1. The highest BCUT2D eigenvalue weighted by molar-refractivity contribution is 8.03.